The summed E-state index contributed by atoms with van der Waals surface area (Å²) in [6, 6.07) is 20.5. The average molecular weight is 464 g/mol. The zero-order chi connectivity index (χ0) is 22.4. The molecule has 6 heteroatoms. The Balaban J connectivity index is 1.66. The van der Waals surface area contributed by atoms with Gasteiger partial charge in [0, 0.05) is 10.9 Å². The normalized spacial score (nSPS) is 28.4. The van der Waals surface area contributed by atoms with Crippen molar-refractivity contribution in [2.24, 2.45) is 11.8 Å². The lowest BCUT2D eigenvalue weighted by atomic mass is 9.46. The highest BCUT2D eigenvalue weighted by molar-refractivity contribution is 6.38. The fourth-order valence-corrected chi connectivity index (χ4v) is 6.93. The molecule has 3 atom stereocenters. The van der Waals surface area contributed by atoms with Crippen LogP contribution in [0.3, 0.4) is 0 Å². The molecule has 0 unspecified atom stereocenters. The molecule has 32 heavy (non-hydrogen) atoms. The van der Waals surface area contributed by atoms with Gasteiger partial charge < -0.3 is 5.11 Å². The number of benzene rings is 3. The number of amides is 2. The SMILES string of the molecule is C[C@H](O)C12c3ccccc3C(c3ccccc31)[C@H]1C(=O)N(c3ccc(Cl)cc3Cl)C(=O)[C@H]12. The molecule has 4 nitrogen and oxygen atoms in total. The highest BCUT2D eigenvalue weighted by Gasteiger charge is 2.69. The maximum absolute atomic E-state index is 14.0. The van der Waals surface area contributed by atoms with Crippen molar-refractivity contribution in [3.63, 3.8) is 0 Å². The van der Waals surface area contributed by atoms with Crippen LogP contribution in [0, 0.1) is 11.8 Å². The van der Waals surface area contributed by atoms with Gasteiger partial charge in [0.15, 0.2) is 0 Å². The number of hydrogen-bond donors (Lipinski definition) is 1. The van der Waals surface area contributed by atoms with E-state index in [4.69, 9.17) is 23.2 Å². The van der Waals surface area contributed by atoms with Crippen molar-refractivity contribution in [3.05, 3.63) is 99.0 Å². The van der Waals surface area contributed by atoms with Crippen LogP contribution in [0.4, 0.5) is 5.69 Å². The van der Waals surface area contributed by atoms with Gasteiger partial charge in [-0.15, -0.1) is 0 Å². The molecule has 2 bridgehead atoms. The third kappa shape index (κ3) is 2.22. The first-order valence-electron chi connectivity index (χ1n) is 10.6. The van der Waals surface area contributed by atoms with E-state index in [2.05, 4.69) is 0 Å². The van der Waals surface area contributed by atoms with E-state index in [0.29, 0.717) is 10.7 Å². The number of nitrogens with zero attached hydrogens (tertiary/aromatic N) is 1. The molecule has 1 fully saturated rings. The van der Waals surface area contributed by atoms with E-state index < -0.39 is 23.4 Å². The Hall–Kier alpha value is -2.66. The summed E-state index contributed by atoms with van der Waals surface area (Å²) in [4.78, 5) is 29.1. The minimum absolute atomic E-state index is 0.242. The Kier molecular flexibility index (Phi) is 4.17. The minimum Gasteiger partial charge on any atom is -0.392 e. The zero-order valence-corrected chi connectivity index (χ0v) is 18.6. The maximum Gasteiger partial charge on any atom is 0.239 e. The molecule has 0 saturated carbocycles. The van der Waals surface area contributed by atoms with Gasteiger partial charge in [0.25, 0.3) is 0 Å². The van der Waals surface area contributed by atoms with Gasteiger partial charge in [-0.25, -0.2) is 4.90 Å². The van der Waals surface area contributed by atoms with Crippen LogP contribution < -0.4 is 4.90 Å². The van der Waals surface area contributed by atoms with E-state index in [9.17, 15) is 14.7 Å². The third-order valence-corrected chi connectivity index (χ3v) is 8.03. The van der Waals surface area contributed by atoms with Crippen molar-refractivity contribution in [3.8, 4) is 0 Å². The van der Waals surface area contributed by atoms with Gasteiger partial charge in [-0.05, 0) is 47.4 Å². The van der Waals surface area contributed by atoms with Gasteiger partial charge >= 0.3 is 0 Å². The van der Waals surface area contributed by atoms with Crippen molar-refractivity contribution in [2.45, 2.75) is 24.4 Å². The number of halogens is 2. The molecular formula is C26H19Cl2NO3. The number of carbonyl (C=O) groups is 2. The van der Waals surface area contributed by atoms with Crippen LogP contribution in [0.2, 0.25) is 10.0 Å². The first-order valence-corrected chi connectivity index (χ1v) is 11.3. The predicted octanol–water partition coefficient (Wildman–Crippen LogP) is 4.93. The number of carbonyl (C=O) groups excluding carboxylic acids is 2. The topological polar surface area (TPSA) is 57.6 Å². The second kappa shape index (κ2) is 6.67. The monoisotopic (exact) mass is 463 g/mol. The van der Waals surface area contributed by atoms with Crippen molar-refractivity contribution >= 4 is 40.7 Å². The molecule has 0 aromatic heterocycles. The molecule has 0 spiro atoms. The van der Waals surface area contributed by atoms with E-state index in [-0.39, 0.29) is 22.8 Å². The van der Waals surface area contributed by atoms with Crippen LogP contribution in [-0.4, -0.2) is 23.0 Å². The van der Waals surface area contributed by atoms with Gasteiger partial charge in [-0.1, -0.05) is 71.7 Å². The molecule has 2 amide bonds. The Morgan fingerprint density at radius 3 is 2.06 bits per heavy atom. The number of anilines is 1. The predicted molar refractivity (Wildman–Crippen MR) is 123 cm³/mol. The lowest BCUT2D eigenvalue weighted by molar-refractivity contribution is -0.126. The van der Waals surface area contributed by atoms with E-state index in [1.807, 2.05) is 48.5 Å². The molecule has 1 saturated heterocycles. The number of aliphatic hydroxyl groups excluding tert-OH is 1. The summed E-state index contributed by atoms with van der Waals surface area (Å²) in [6.45, 7) is 1.71. The molecule has 1 heterocycles. The average Bonchev–Trinajstić information content (AvgIpc) is 3.05. The van der Waals surface area contributed by atoms with Crippen molar-refractivity contribution in [1.82, 2.24) is 0 Å². The summed E-state index contributed by atoms with van der Waals surface area (Å²) >= 11 is 12.5. The van der Waals surface area contributed by atoms with Crippen LogP contribution in [0.5, 0.6) is 0 Å². The minimum atomic E-state index is -1.02. The van der Waals surface area contributed by atoms with Crippen LogP contribution in [0.1, 0.15) is 35.1 Å². The molecular weight excluding hydrogens is 445 g/mol. The summed E-state index contributed by atoms with van der Waals surface area (Å²) < 4.78 is 0. The lowest BCUT2D eigenvalue weighted by Gasteiger charge is -2.55. The largest absolute Gasteiger partial charge is 0.392 e. The van der Waals surface area contributed by atoms with Crippen molar-refractivity contribution in [2.75, 3.05) is 4.90 Å². The Morgan fingerprint density at radius 1 is 0.906 bits per heavy atom. The quantitative estimate of drug-likeness (QED) is 0.548. The molecule has 1 aliphatic heterocycles. The van der Waals surface area contributed by atoms with E-state index >= 15 is 0 Å². The Labute approximate surface area is 195 Å². The molecule has 160 valence electrons. The fourth-order valence-electron chi connectivity index (χ4n) is 6.44. The van der Waals surface area contributed by atoms with E-state index in [0.717, 1.165) is 22.3 Å². The standard InChI is InChI=1S/C26H19Cl2NO3/c1-13(30)26-17-8-4-2-6-15(17)21(16-7-3-5-9-18(16)26)22-23(26)25(32)29(24(22)31)20-11-10-14(27)12-19(20)28/h2-13,21-23,30H,1H3/t13-,21?,22+,23-,26?/m0/s1. The zero-order valence-electron chi connectivity index (χ0n) is 17.1. The van der Waals surface area contributed by atoms with E-state index in [1.165, 1.54) is 11.0 Å². The van der Waals surface area contributed by atoms with Gasteiger partial charge in [-0.2, -0.15) is 0 Å². The molecule has 4 aliphatic rings. The number of aliphatic hydroxyl groups is 1. The number of hydrogen-bond acceptors (Lipinski definition) is 3. The van der Waals surface area contributed by atoms with Crippen LogP contribution >= 0.6 is 23.2 Å². The van der Waals surface area contributed by atoms with Crippen molar-refractivity contribution < 1.29 is 14.7 Å². The highest BCUT2D eigenvalue weighted by Crippen LogP contribution is 2.65. The molecule has 3 aromatic carbocycles. The Bertz CT molecular complexity index is 1270. The third-order valence-electron chi connectivity index (χ3n) is 7.49. The maximum atomic E-state index is 14.0. The summed E-state index contributed by atoms with van der Waals surface area (Å²) in [5.41, 5.74) is 3.15. The van der Waals surface area contributed by atoms with Crippen LogP contribution in [0.15, 0.2) is 66.7 Å². The van der Waals surface area contributed by atoms with E-state index in [1.54, 1.807) is 19.1 Å². The second-order valence-corrected chi connectivity index (χ2v) is 9.65. The first-order chi connectivity index (χ1) is 15.4. The fraction of sp³-hybridized carbons (Fsp3) is 0.231. The molecule has 7 rings (SSSR count). The second-order valence-electron chi connectivity index (χ2n) is 8.81. The van der Waals surface area contributed by atoms with Crippen LogP contribution in [0.25, 0.3) is 0 Å². The smallest absolute Gasteiger partial charge is 0.239 e. The molecule has 1 N–H and O–H groups in total. The lowest BCUT2D eigenvalue weighted by Crippen LogP contribution is -2.58. The molecule has 3 aliphatic carbocycles. The number of imide groups is 1. The van der Waals surface area contributed by atoms with Gasteiger partial charge in [0.1, 0.15) is 0 Å². The van der Waals surface area contributed by atoms with Gasteiger partial charge in [-0.3, -0.25) is 9.59 Å². The Morgan fingerprint density at radius 2 is 1.50 bits per heavy atom. The molecule has 0 radical (unpaired) electrons. The summed E-state index contributed by atoms with van der Waals surface area (Å²) in [7, 11) is 0. The van der Waals surface area contributed by atoms with Gasteiger partial charge in [0.05, 0.1) is 34.1 Å². The van der Waals surface area contributed by atoms with Crippen LogP contribution in [-0.2, 0) is 15.0 Å². The molecule has 3 aromatic rings. The highest BCUT2D eigenvalue weighted by atomic mass is 35.5. The summed E-state index contributed by atoms with van der Waals surface area (Å²) in [5, 5.41) is 12.0. The summed E-state index contributed by atoms with van der Waals surface area (Å²) in [6.07, 6.45) is -0.893. The first kappa shape index (κ1) is 20.0. The van der Waals surface area contributed by atoms with Crippen molar-refractivity contribution in [1.29, 1.82) is 0 Å². The van der Waals surface area contributed by atoms with Gasteiger partial charge in [0.2, 0.25) is 11.8 Å². The summed E-state index contributed by atoms with van der Waals surface area (Å²) in [5.74, 6) is -2.23. The number of rotatable bonds is 2.